The molecule has 0 radical (unpaired) electrons. The maximum absolute atomic E-state index is 11.3. The van der Waals surface area contributed by atoms with Gasteiger partial charge in [-0.25, -0.2) is 0 Å². The summed E-state index contributed by atoms with van der Waals surface area (Å²) in [4.78, 5) is 11.3. The molecule has 0 bridgehead atoms. The van der Waals surface area contributed by atoms with Gasteiger partial charge in [0, 0.05) is 18.5 Å². The molecule has 80 valence electrons. The highest BCUT2D eigenvalue weighted by Crippen LogP contribution is 1.98. The van der Waals surface area contributed by atoms with E-state index >= 15 is 0 Å². The van der Waals surface area contributed by atoms with Gasteiger partial charge in [-0.05, 0) is 27.7 Å². The quantitative estimate of drug-likeness (QED) is 0.656. The van der Waals surface area contributed by atoms with E-state index in [9.17, 15) is 4.79 Å². The van der Waals surface area contributed by atoms with Crippen LogP contribution in [0.3, 0.4) is 0 Å². The molecule has 0 heterocycles. The molecule has 0 aromatic heterocycles. The first-order valence-corrected chi connectivity index (χ1v) is 4.85. The maximum Gasteiger partial charge on any atom is 0.221 e. The summed E-state index contributed by atoms with van der Waals surface area (Å²) in [5, 5.41) is 5.93. The van der Waals surface area contributed by atoms with E-state index in [2.05, 4.69) is 16.6 Å². The highest BCUT2D eigenvalue weighted by atomic mass is 16.1. The van der Waals surface area contributed by atoms with Gasteiger partial charge >= 0.3 is 0 Å². The minimum absolute atomic E-state index is 0.0254. The lowest BCUT2D eigenvalue weighted by atomic mass is 10.1. The molecule has 2 N–H and O–H groups in total. The smallest absolute Gasteiger partial charge is 0.221 e. The summed E-state index contributed by atoms with van der Waals surface area (Å²) < 4.78 is 0. The molecule has 0 saturated heterocycles. The number of hydrogen-bond acceptors (Lipinski definition) is 2. The number of hydrogen-bond donors (Lipinski definition) is 2. The zero-order chi connectivity index (χ0) is 11.2. The van der Waals surface area contributed by atoms with Gasteiger partial charge in [0.1, 0.15) is 0 Å². The van der Waals surface area contributed by atoms with Gasteiger partial charge in [-0.1, -0.05) is 5.92 Å². The van der Waals surface area contributed by atoms with Crippen LogP contribution in [0.1, 0.15) is 34.1 Å². The second-order valence-corrected chi connectivity index (χ2v) is 4.39. The maximum atomic E-state index is 11.3. The fourth-order valence-electron chi connectivity index (χ4n) is 0.942. The number of carbonyl (C=O) groups is 1. The van der Waals surface area contributed by atoms with Crippen molar-refractivity contribution in [3.05, 3.63) is 0 Å². The first-order valence-electron chi connectivity index (χ1n) is 4.85. The van der Waals surface area contributed by atoms with Crippen LogP contribution in [-0.4, -0.2) is 24.0 Å². The summed E-state index contributed by atoms with van der Waals surface area (Å²) in [7, 11) is 0. The summed E-state index contributed by atoms with van der Waals surface area (Å²) >= 11 is 0. The van der Waals surface area contributed by atoms with E-state index in [1.807, 2.05) is 27.7 Å². The van der Waals surface area contributed by atoms with Crippen molar-refractivity contribution in [1.29, 1.82) is 0 Å². The van der Waals surface area contributed by atoms with E-state index in [4.69, 9.17) is 6.42 Å². The molecule has 0 saturated carbocycles. The van der Waals surface area contributed by atoms with E-state index < -0.39 is 0 Å². The molecule has 0 aliphatic heterocycles. The van der Waals surface area contributed by atoms with Crippen LogP contribution in [0.5, 0.6) is 0 Å². The predicted molar refractivity (Wildman–Crippen MR) is 58.8 cm³/mol. The van der Waals surface area contributed by atoms with Crippen LogP contribution in [0.15, 0.2) is 0 Å². The highest BCUT2D eigenvalue weighted by Gasteiger charge is 2.12. The third-order valence-electron chi connectivity index (χ3n) is 1.57. The first kappa shape index (κ1) is 13.0. The lowest BCUT2D eigenvalue weighted by Gasteiger charge is -2.20. The van der Waals surface area contributed by atoms with E-state index in [0.29, 0.717) is 13.0 Å². The van der Waals surface area contributed by atoms with Crippen LogP contribution < -0.4 is 10.6 Å². The zero-order valence-electron chi connectivity index (χ0n) is 9.48. The Morgan fingerprint density at radius 1 is 1.50 bits per heavy atom. The Hall–Kier alpha value is -1.01. The Bertz CT molecular complexity index is 222. The van der Waals surface area contributed by atoms with Crippen molar-refractivity contribution in [3.8, 4) is 12.3 Å². The van der Waals surface area contributed by atoms with Crippen molar-refractivity contribution in [2.24, 2.45) is 0 Å². The molecule has 0 aromatic carbocycles. The Balaban J connectivity index is 3.62. The van der Waals surface area contributed by atoms with E-state index in [0.717, 1.165) is 0 Å². The monoisotopic (exact) mass is 196 g/mol. The van der Waals surface area contributed by atoms with Gasteiger partial charge in [-0.2, -0.15) is 0 Å². The van der Waals surface area contributed by atoms with Gasteiger partial charge in [0.2, 0.25) is 5.91 Å². The molecule has 0 aliphatic carbocycles. The fourth-order valence-corrected chi connectivity index (χ4v) is 0.942. The molecule has 0 aliphatic rings. The molecular formula is C11H20N2O. The van der Waals surface area contributed by atoms with Gasteiger partial charge in [-0.15, -0.1) is 6.42 Å². The van der Waals surface area contributed by atoms with E-state index in [1.165, 1.54) is 0 Å². The zero-order valence-corrected chi connectivity index (χ0v) is 9.48. The molecule has 3 nitrogen and oxygen atoms in total. The SMILES string of the molecule is C#CC(C)NCCC(=O)NC(C)(C)C. The molecule has 1 atom stereocenters. The Morgan fingerprint density at radius 2 is 2.07 bits per heavy atom. The summed E-state index contributed by atoms with van der Waals surface area (Å²) in [6.45, 7) is 8.39. The van der Waals surface area contributed by atoms with Crippen molar-refractivity contribution in [2.75, 3.05) is 6.54 Å². The minimum atomic E-state index is -0.158. The summed E-state index contributed by atoms with van der Waals surface area (Å²) in [5.74, 6) is 2.59. The third kappa shape index (κ3) is 7.63. The Labute approximate surface area is 86.6 Å². The molecular weight excluding hydrogens is 176 g/mol. The lowest BCUT2D eigenvalue weighted by molar-refractivity contribution is -0.122. The Kier molecular flexibility index (Phi) is 5.26. The average Bonchev–Trinajstić information content (AvgIpc) is 2.00. The third-order valence-corrected chi connectivity index (χ3v) is 1.57. The number of nitrogens with one attached hydrogen (secondary N) is 2. The van der Waals surface area contributed by atoms with Crippen molar-refractivity contribution < 1.29 is 4.79 Å². The number of terminal acetylenes is 1. The van der Waals surface area contributed by atoms with Crippen LogP contribution in [0.2, 0.25) is 0 Å². The normalized spacial score (nSPS) is 13.1. The Morgan fingerprint density at radius 3 is 2.50 bits per heavy atom. The highest BCUT2D eigenvalue weighted by molar-refractivity contribution is 5.76. The summed E-state index contributed by atoms with van der Waals surface area (Å²) in [6.07, 6.45) is 5.64. The van der Waals surface area contributed by atoms with Crippen LogP contribution >= 0.6 is 0 Å². The molecule has 3 heteroatoms. The van der Waals surface area contributed by atoms with Gasteiger partial charge in [0.15, 0.2) is 0 Å². The second-order valence-electron chi connectivity index (χ2n) is 4.39. The molecule has 0 aromatic rings. The lowest BCUT2D eigenvalue weighted by Crippen LogP contribution is -2.42. The molecule has 0 fully saturated rings. The van der Waals surface area contributed by atoms with Gasteiger partial charge < -0.3 is 10.6 Å². The summed E-state index contributed by atoms with van der Waals surface area (Å²) in [5.41, 5.74) is -0.158. The van der Waals surface area contributed by atoms with Gasteiger partial charge in [0.25, 0.3) is 0 Å². The van der Waals surface area contributed by atoms with E-state index in [1.54, 1.807) is 0 Å². The van der Waals surface area contributed by atoms with Crippen molar-refractivity contribution in [1.82, 2.24) is 10.6 Å². The molecule has 1 amide bonds. The molecule has 0 rings (SSSR count). The van der Waals surface area contributed by atoms with Gasteiger partial charge in [-0.3, -0.25) is 4.79 Å². The molecule has 14 heavy (non-hydrogen) atoms. The summed E-state index contributed by atoms with van der Waals surface area (Å²) in [6, 6.07) is 0.0254. The van der Waals surface area contributed by atoms with Crippen molar-refractivity contribution in [3.63, 3.8) is 0 Å². The number of amides is 1. The van der Waals surface area contributed by atoms with Crippen LogP contribution in [0.4, 0.5) is 0 Å². The topological polar surface area (TPSA) is 41.1 Å². The number of carbonyl (C=O) groups excluding carboxylic acids is 1. The van der Waals surface area contributed by atoms with Crippen LogP contribution in [0, 0.1) is 12.3 Å². The average molecular weight is 196 g/mol. The largest absolute Gasteiger partial charge is 0.351 e. The molecule has 0 spiro atoms. The van der Waals surface area contributed by atoms with Crippen LogP contribution in [-0.2, 0) is 4.79 Å². The minimum Gasteiger partial charge on any atom is -0.351 e. The number of rotatable bonds is 4. The second kappa shape index (κ2) is 5.66. The van der Waals surface area contributed by atoms with Gasteiger partial charge in [0.05, 0.1) is 6.04 Å². The van der Waals surface area contributed by atoms with Crippen molar-refractivity contribution in [2.45, 2.75) is 45.7 Å². The van der Waals surface area contributed by atoms with E-state index in [-0.39, 0.29) is 17.5 Å². The fraction of sp³-hybridized carbons (Fsp3) is 0.727. The van der Waals surface area contributed by atoms with Crippen molar-refractivity contribution >= 4 is 5.91 Å². The first-order chi connectivity index (χ1) is 6.35. The molecule has 1 unspecified atom stereocenters. The standard InChI is InChI=1S/C11H20N2O/c1-6-9(2)12-8-7-10(14)13-11(3,4)5/h1,9,12H,7-8H2,2-5H3,(H,13,14). The predicted octanol–water partition coefficient (Wildman–Crippen LogP) is 0.902. The van der Waals surface area contributed by atoms with Crippen LogP contribution in [0.25, 0.3) is 0 Å².